The normalized spacial score (nSPS) is 10.5. The van der Waals surface area contributed by atoms with E-state index in [-0.39, 0.29) is 11.8 Å². The van der Waals surface area contributed by atoms with Gasteiger partial charge in [0.2, 0.25) is 0 Å². The monoisotopic (exact) mass is 409 g/mol. The van der Waals surface area contributed by atoms with Gasteiger partial charge in [-0.3, -0.25) is 20.4 Å². The lowest BCUT2D eigenvalue weighted by atomic mass is 10.1. The number of hydrogen-bond donors (Lipinski definition) is 2. The van der Waals surface area contributed by atoms with E-state index in [9.17, 15) is 9.59 Å². The van der Waals surface area contributed by atoms with Crippen LogP contribution in [0.15, 0.2) is 40.2 Å². The van der Waals surface area contributed by atoms with Crippen molar-refractivity contribution >= 4 is 44.8 Å². The largest absolute Gasteiger partial charge is 0.369 e. The first-order chi connectivity index (χ1) is 11.4. The lowest BCUT2D eigenvalue weighted by molar-refractivity contribution is 0.0849. The number of anilines is 1. The fourth-order valence-corrected chi connectivity index (χ4v) is 3.62. The predicted molar refractivity (Wildman–Crippen MR) is 102 cm³/mol. The van der Waals surface area contributed by atoms with Gasteiger partial charge in [-0.05, 0) is 73.1 Å². The smallest absolute Gasteiger partial charge is 0.279 e. The topological polar surface area (TPSA) is 61.4 Å². The van der Waals surface area contributed by atoms with Gasteiger partial charge in [-0.1, -0.05) is 0 Å². The zero-order valence-corrected chi connectivity index (χ0v) is 16.2. The van der Waals surface area contributed by atoms with Gasteiger partial charge in [-0.15, -0.1) is 11.3 Å². The third-order valence-corrected chi connectivity index (χ3v) is 5.13. The predicted octanol–water partition coefficient (Wildman–Crippen LogP) is 3.82. The molecule has 2 rings (SSSR count). The minimum Gasteiger partial charge on any atom is -0.369 e. The highest BCUT2D eigenvalue weighted by Gasteiger charge is 2.12. The summed E-state index contributed by atoms with van der Waals surface area (Å²) >= 11 is 4.60. The molecule has 5 nitrogen and oxygen atoms in total. The van der Waals surface area contributed by atoms with E-state index in [1.165, 1.54) is 11.3 Å². The number of nitrogens with one attached hydrogen (secondary N) is 2. The number of halogens is 1. The third kappa shape index (κ3) is 4.58. The van der Waals surface area contributed by atoms with Crippen LogP contribution in [-0.2, 0) is 0 Å². The third-order valence-electron chi connectivity index (χ3n) is 3.51. The number of thiophene rings is 1. The summed E-state index contributed by atoms with van der Waals surface area (Å²) in [5, 5.41) is 0. The number of hydrogen-bond acceptors (Lipinski definition) is 4. The molecule has 0 saturated heterocycles. The number of carbonyl (C=O) groups excluding carboxylic acids is 2. The van der Waals surface area contributed by atoms with E-state index >= 15 is 0 Å². The molecule has 0 saturated carbocycles. The molecule has 128 valence electrons. The van der Waals surface area contributed by atoms with Gasteiger partial charge in [0.25, 0.3) is 11.8 Å². The van der Waals surface area contributed by atoms with Crippen molar-refractivity contribution in [3.8, 4) is 0 Å². The van der Waals surface area contributed by atoms with Crippen molar-refractivity contribution in [1.82, 2.24) is 10.9 Å². The van der Waals surface area contributed by atoms with Gasteiger partial charge < -0.3 is 4.90 Å². The highest BCUT2D eigenvalue weighted by atomic mass is 79.9. The van der Waals surface area contributed by atoms with Gasteiger partial charge in [0, 0.05) is 23.8 Å². The van der Waals surface area contributed by atoms with Gasteiger partial charge in [0.1, 0.15) is 0 Å². The summed E-state index contributed by atoms with van der Waals surface area (Å²) < 4.78 is 0.861. The summed E-state index contributed by atoms with van der Waals surface area (Å²) in [6, 6.07) is 11.2. The van der Waals surface area contributed by atoms with Crippen LogP contribution in [0.4, 0.5) is 5.69 Å². The van der Waals surface area contributed by atoms with Crippen molar-refractivity contribution in [2.24, 2.45) is 0 Å². The Kier molecular flexibility index (Phi) is 6.39. The second kappa shape index (κ2) is 8.30. The number of rotatable bonds is 5. The van der Waals surface area contributed by atoms with Gasteiger partial charge in [-0.25, -0.2) is 0 Å². The van der Waals surface area contributed by atoms with E-state index in [0.29, 0.717) is 16.5 Å². The van der Waals surface area contributed by atoms with Crippen molar-refractivity contribution in [1.29, 1.82) is 0 Å². The van der Waals surface area contributed by atoms with Crippen molar-refractivity contribution in [3.05, 3.63) is 50.6 Å². The van der Waals surface area contributed by atoms with Gasteiger partial charge >= 0.3 is 0 Å². The SMILES string of the molecule is CCN(c1ccc(C(=O)NNC(=O)c2ccc(Br)s2)cc1)C(C)C. The molecule has 0 aliphatic carbocycles. The van der Waals surface area contributed by atoms with Crippen molar-refractivity contribution in [2.75, 3.05) is 11.4 Å². The Morgan fingerprint density at radius 2 is 1.71 bits per heavy atom. The van der Waals surface area contributed by atoms with Gasteiger partial charge in [-0.2, -0.15) is 0 Å². The van der Waals surface area contributed by atoms with Crippen LogP contribution in [0.1, 0.15) is 40.8 Å². The van der Waals surface area contributed by atoms with E-state index in [4.69, 9.17) is 0 Å². The molecule has 0 radical (unpaired) electrons. The van der Waals surface area contributed by atoms with E-state index in [1.54, 1.807) is 24.3 Å². The van der Waals surface area contributed by atoms with E-state index in [1.807, 2.05) is 12.1 Å². The molecule has 2 amide bonds. The lowest BCUT2D eigenvalue weighted by Gasteiger charge is -2.27. The summed E-state index contributed by atoms with van der Waals surface area (Å²) in [7, 11) is 0. The van der Waals surface area contributed by atoms with Gasteiger partial charge in [0.05, 0.1) is 8.66 Å². The minimum absolute atomic E-state index is 0.340. The van der Waals surface area contributed by atoms with E-state index in [2.05, 4.69) is 52.5 Å². The molecule has 7 heteroatoms. The summed E-state index contributed by atoms with van der Waals surface area (Å²) in [5.41, 5.74) is 6.41. The number of nitrogens with zero attached hydrogens (tertiary/aromatic N) is 1. The molecule has 0 spiro atoms. The van der Waals surface area contributed by atoms with Crippen LogP contribution in [0, 0.1) is 0 Å². The van der Waals surface area contributed by atoms with Crippen LogP contribution in [0.5, 0.6) is 0 Å². The summed E-state index contributed by atoms with van der Waals surface area (Å²) in [4.78, 5) is 26.8. The fraction of sp³-hybridized carbons (Fsp3) is 0.294. The Morgan fingerprint density at radius 1 is 1.08 bits per heavy atom. The molecule has 0 atom stereocenters. The zero-order chi connectivity index (χ0) is 17.7. The molecule has 0 fully saturated rings. The van der Waals surface area contributed by atoms with Crippen molar-refractivity contribution < 1.29 is 9.59 Å². The standard InChI is InChI=1S/C17H20BrN3O2S/c1-4-21(11(2)3)13-7-5-12(6-8-13)16(22)19-20-17(23)14-9-10-15(18)24-14/h5-11H,4H2,1-3H3,(H,19,22)(H,20,23). The highest BCUT2D eigenvalue weighted by Crippen LogP contribution is 2.21. The average Bonchev–Trinajstić information content (AvgIpc) is 3.00. The number of carbonyl (C=O) groups is 2. The number of hydrazine groups is 1. The molecule has 0 bridgehead atoms. The van der Waals surface area contributed by atoms with Crippen LogP contribution in [-0.4, -0.2) is 24.4 Å². The van der Waals surface area contributed by atoms with E-state index < -0.39 is 0 Å². The Labute approximate surface area is 154 Å². The Balaban J connectivity index is 1.96. The van der Waals surface area contributed by atoms with Crippen molar-refractivity contribution in [3.63, 3.8) is 0 Å². The molecule has 0 unspecified atom stereocenters. The second-order valence-corrected chi connectivity index (χ2v) is 7.90. The molecule has 2 aromatic rings. The van der Waals surface area contributed by atoms with Crippen molar-refractivity contribution in [2.45, 2.75) is 26.8 Å². The number of amides is 2. The molecule has 1 aromatic carbocycles. The molecular weight excluding hydrogens is 390 g/mol. The summed E-state index contributed by atoms with van der Waals surface area (Å²) in [6.45, 7) is 7.25. The molecule has 24 heavy (non-hydrogen) atoms. The quantitative estimate of drug-likeness (QED) is 0.737. The Morgan fingerprint density at radius 3 is 2.21 bits per heavy atom. The first kappa shape index (κ1) is 18.5. The maximum absolute atomic E-state index is 12.1. The Bertz CT molecular complexity index is 713. The molecule has 0 aliphatic heterocycles. The molecule has 1 heterocycles. The maximum Gasteiger partial charge on any atom is 0.279 e. The summed E-state index contributed by atoms with van der Waals surface area (Å²) in [6.07, 6.45) is 0. The molecular formula is C17H20BrN3O2S. The average molecular weight is 410 g/mol. The van der Waals surface area contributed by atoms with Crippen LogP contribution in [0.2, 0.25) is 0 Å². The zero-order valence-electron chi connectivity index (χ0n) is 13.8. The van der Waals surface area contributed by atoms with Crippen LogP contribution in [0.3, 0.4) is 0 Å². The van der Waals surface area contributed by atoms with Crippen LogP contribution in [0.25, 0.3) is 0 Å². The minimum atomic E-state index is -0.349. The highest BCUT2D eigenvalue weighted by molar-refractivity contribution is 9.11. The van der Waals surface area contributed by atoms with Crippen LogP contribution >= 0.6 is 27.3 Å². The van der Waals surface area contributed by atoms with Crippen LogP contribution < -0.4 is 15.8 Å². The first-order valence-corrected chi connectivity index (χ1v) is 9.26. The summed E-state index contributed by atoms with van der Waals surface area (Å²) in [5.74, 6) is -0.689. The second-order valence-electron chi connectivity index (χ2n) is 5.44. The maximum atomic E-state index is 12.1. The fourth-order valence-electron chi connectivity index (χ4n) is 2.33. The number of benzene rings is 1. The molecule has 1 aromatic heterocycles. The lowest BCUT2D eigenvalue weighted by Crippen LogP contribution is -2.41. The Hall–Kier alpha value is -1.86. The first-order valence-electron chi connectivity index (χ1n) is 7.65. The van der Waals surface area contributed by atoms with E-state index in [0.717, 1.165) is 16.0 Å². The van der Waals surface area contributed by atoms with Gasteiger partial charge in [0.15, 0.2) is 0 Å². The molecule has 0 aliphatic rings. The molecule has 2 N–H and O–H groups in total.